The summed E-state index contributed by atoms with van der Waals surface area (Å²) in [5.74, 6) is 0.336. The van der Waals surface area contributed by atoms with Gasteiger partial charge >= 0.3 is 0 Å². The lowest BCUT2D eigenvalue weighted by atomic mass is 9.89. The lowest BCUT2D eigenvalue weighted by Crippen LogP contribution is -2.40. The van der Waals surface area contributed by atoms with Crippen molar-refractivity contribution in [3.05, 3.63) is 29.3 Å². The summed E-state index contributed by atoms with van der Waals surface area (Å²) in [5, 5.41) is 2.98. The van der Waals surface area contributed by atoms with Crippen LogP contribution in [0.2, 0.25) is 0 Å². The zero-order valence-corrected chi connectivity index (χ0v) is 16.5. The molecular weight excluding hydrogens is 336 g/mol. The first kappa shape index (κ1) is 19.9. The van der Waals surface area contributed by atoms with E-state index in [0.29, 0.717) is 18.0 Å². The predicted molar refractivity (Wildman–Crippen MR) is 100 cm³/mol. The predicted octanol–water partition coefficient (Wildman–Crippen LogP) is 3.38. The van der Waals surface area contributed by atoms with Gasteiger partial charge in [0, 0.05) is 17.6 Å². The van der Waals surface area contributed by atoms with Crippen LogP contribution in [0.4, 0.5) is 0 Å². The minimum absolute atomic E-state index is 0.121. The molecule has 0 radical (unpaired) electrons. The van der Waals surface area contributed by atoms with Crippen molar-refractivity contribution in [2.24, 2.45) is 5.92 Å². The fourth-order valence-electron chi connectivity index (χ4n) is 3.20. The highest BCUT2D eigenvalue weighted by molar-refractivity contribution is 7.89. The molecule has 1 amide bonds. The fraction of sp³-hybridized carbons (Fsp3) is 0.632. The zero-order chi connectivity index (χ0) is 18.7. The lowest BCUT2D eigenvalue weighted by molar-refractivity contribution is 0.0942. The van der Waals surface area contributed by atoms with E-state index in [1.165, 1.54) is 25.3 Å². The minimum Gasteiger partial charge on any atom is -0.352 e. The van der Waals surface area contributed by atoms with Crippen LogP contribution in [0, 0.1) is 12.8 Å². The number of hydrogen-bond acceptors (Lipinski definition) is 3. The van der Waals surface area contributed by atoms with Gasteiger partial charge in [-0.1, -0.05) is 25.3 Å². The summed E-state index contributed by atoms with van der Waals surface area (Å²) >= 11 is 0. The summed E-state index contributed by atoms with van der Waals surface area (Å²) < 4.78 is 27.6. The van der Waals surface area contributed by atoms with Crippen molar-refractivity contribution in [3.8, 4) is 0 Å². The molecule has 0 spiro atoms. The lowest BCUT2D eigenvalue weighted by Gasteiger charge is -2.22. The van der Waals surface area contributed by atoms with E-state index in [4.69, 9.17) is 0 Å². The molecule has 1 aromatic carbocycles. The van der Waals surface area contributed by atoms with E-state index in [-0.39, 0.29) is 10.8 Å². The van der Waals surface area contributed by atoms with Crippen molar-refractivity contribution < 1.29 is 13.2 Å². The summed E-state index contributed by atoms with van der Waals surface area (Å²) in [6.07, 6.45) is 6.05. The molecule has 0 unspecified atom stereocenters. The molecule has 1 fully saturated rings. The quantitative estimate of drug-likeness (QED) is 0.839. The average molecular weight is 367 g/mol. The molecule has 5 nitrogen and oxygen atoms in total. The van der Waals surface area contributed by atoms with E-state index >= 15 is 0 Å². The minimum atomic E-state index is -3.66. The molecule has 0 saturated heterocycles. The van der Waals surface area contributed by atoms with Gasteiger partial charge in [0.2, 0.25) is 10.0 Å². The number of benzene rings is 1. The molecule has 0 atom stereocenters. The highest BCUT2D eigenvalue weighted by Crippen LogP contribution is 2.23. The molecule has 25 heavy (non-hydrogen) atoms. The molecule has 6 heteroatoms. The first-order chi connectivity index (χ1) is 11.6. The number of sulfonamides is 1. The summed E-state index contributed by atoms with van der Waals surface area (Å²) in [6, 6.07) is 4.70. The van der Waals surface area contributed by atoms with Crippen molar-refractivity contribution in [2.75, 3.05) is 6.54 Å². The Labute approximate surface area is 151 Å². The summed E-state index contributed by atoms with van der Waals surface area (Å²) in [6.45, 7) is 7.85. The van der Waals surface area contributed by atoms with Crippen LogP contribution in [0.25, 0.3) is 0 Å². The molecule has 0 heterocycles. The van der Waals surface area contributed by atoms with E-state index in [1.54, 1.807) is 32.9 Å². The Kier molecular flexibility index (Phi) is 6.27. The number of nitrogens with one attached hydrogen (secondary N) is 2. The second kappa shape index (κ2) is 7.87. The van der Waals surface area contributed by atoms with Crippen LogP contribution in [-0.4, -0.2) is 26.4 Å². The molecule has 1 saturated carbocycles. The Morgan fingerprint density at radius 3 is 2.40 bits per heavy atom. The van der Waals surface area contributed by atoms with E-state index in [2.05, 4.69) is 10.0 Å². The molecule has 2 rings (SSSR count). The first-order valence-corrected chi connectivity index (χ1v) is 10.5. The summed E-state index contributed by atoms with van der Waals surface area (Å²) in [7, 11) is -3.66. The number of carbonyl (C=O) groups excluding carboxylic acids is 1. The second-order valence-electron chi connectivity index (χ2n) is 8.05. The van der Waals surface area contributed by atoms with Crippen molar-refractivity contribution in [3.63, 3.8) is 0 Å². The molecule has 1 aliphatic rings. The number of aryl methyl sites for hydroxylation is 1. The highest BCUT2D eigenvalue weighted by Gasteiger charge is 2.24. The smallest absolute Gasteiger partial charge is 0.251 e. The third-order valence-electron chi connectivity index (χ3n) is 4.48. The van der Waals surface area contributed by atoms with Gasteiger partial charge in [-0.3, -0.25) is 4.79 Å². The van der Waals surface area contributed by atoms with Crippen LogP contribution in [0.1, 0.15) is 68.8 Å². The van der Waals surface area contributed by atoms with Gasteiger partial charge in [0.1, 0.15) is 0 Å². The maximum atomic E-state index is 12.5. The van der Waals surface area contributed by atoms with Crippen LogP contribution in [0.15, 0.2) is 23.1 Å². The molecule has 1 aliphatic carbocycles. The van der Waals surface area contributed by atoms with Gasteiger partial charge < -0.3 is 5.32 Å². The van der Waals surface area contributed by atoms with Gasteiger partial charge in [0.05, 0.1) is 4.90 Å². The van der Waals surface area contributed by atoms with E-state index in [0.717, 1.165) is 18.4 Å². The molecule has 0 bridgehead atoms. The Morgan fingerprint density at radius 2 is 1.80 bits per heavy atom. The molecular formula is C19H30N2O3S. The van der Waals surface area contributed by atoms with Crippen molar-refractivity contribution >= 4 is 15.9 Å². The highest BCUT2D eigenvalue weighted by atomic mass is 32.2. The third kappa shape index (κ3) is 5.82. The first-order valence-electron chi connectivity index (χ1n) is 9.01. The maximum Gasteiger partial charge on any atom is 0.251 e. The van der Waals surface area contributed by atoms with Gasteiger partial charge in [-0.2, -0.15) is 0 Å². The number of amides is 1. The van der Waals surface area contributed by atoms with Crippen LogP contribution in [0.5, 0.6) is 0 Å². The van der Waals surface area contributed by atoms with Crippen LogP contribution < -0.4 is 10.0 Å². The SMILES string of the molecule is Cc1ccc(S(=O)(=O)NC(C)(C)C)cc1C(=O)NCC1CCCCC1. The average Bonchev–Trinajstić information content (AvgIpc) is 2.51. The maximum absolute atomic E-state index is 12.5. The Balaban J connectivity index is 2.13. The van der Waals surface area contributed by atoms with Gasteiger partial charge in [-0.15, -0.1) is 0 Å². The Hall–Kier alpha value is -1.40. The van der Waals surface area contributed by atoms with E-state index < -0.39 is 15.6 Å². The second-order valence-corrected chi connectivity index (χ2v) is 9.73. The molecule has 140 valence electrons. The van der Waals surface area contributed by atoms with Crippen LogP contribution in [0.3, 0.4) is 0 Å². The van der Waals surface area contributed by atoms with E-state index in [1.807, 2.05) is 6.92 Å². The molecule has 0 aliphatic heterocycles. The Morgan fingerprint density at radius 1 is 1.16 bits per heavy atom. The standard InChI is InChI=1S/C19H30N2O3S/c1-14-10-11-16(25(23,24)21-19(2,3)4)12-17(14)18(22)20-13-15-8-6-5-7-9-15/h10-12,15,21H,5-9,13H2,1-4H3,(H,20,22). The third-order valence-corrected chi connectivity index (χ3v) is 6.24. The van der Waals surface area contributed by atoms with Crippen LogP contribution in [-0.2, 0) is 10.0 Å². The van der Waals surface area contributed by atoms with Crippen molar-refractivity contribution in [2.45, 2.75) is 70.2 Å². The summed E-state index contributed by atoms with van der Waals surface area (Å²) in [5.41, 5.74) is 0.621. The van der Waals surface area contributed by atoms with Crippen molar-refractivity contribution in [1.82, 2.24) is 10.0 Å². The largest absolute Gasteiger partial charge is 0.352 e. The van der Waals surface area contributed by atoms with Gasteiger partial charge in [-0.25, -0.2) is 13.1 Å². The van der Waals surface area contributed by atoms with Gasteiger partial charge in [0.25, 0.3) is 5.91 Å². The number of carbonyl (C=O) groups is 1. The normalized spacial score (nSPS) is 16.6. The van der Waals surface area contributed by atoms with E-state index in [9.17, 15) is 13.2 Å². The van der Waals surface area contributed by atoms with Crippen molar-refractivity contribution in [1.29, 1.82) is 0 Å². The molecule has 2 N–H and O–H groups in total. The zero-order valence-electron chi connectivity index (χ0n) is 15.7. The molecule has 1 aromatic rings. The Bertz CT molecular complexity index is 715. The number of hydrogen-bond donors (Lipinski definition) is 2. The fourth-order valence-corrected chi connectivity index (χ4v) is 4.64. The topological polar surface area (TPSA) is 75.3 Å². The monoisotopic (exact) mass is 366 g/mol. The summed E-state index contributed by atoms with van der Waals surface area (Å²) in [4.78, 5) is 12.7. The molecule has 0 aromatic heterocycles. The number of rotatable bonds is 5. The van der Waals surface area contributed by atoms with Crippen LogP contribution >= 0.6 is 0 Å². The van der Waals surface area contributed by atoms with Gasteiger partial charge in [-0.05, 0) is 64.2 Å². The van der Waals surface area contributed by atoms with Gasteiger partial charge in [0.15, 0.2) is 0 Å².